The monoisotopic (exact) mass is 414 g/mol. The number of H-pyrrole nitrogens is 2. The van der Waals surface area contributed by atoms with E-state index in [1.165, 1.54) is 5.56 Å². The summed E-state index contributed by atoms with van der Waals surface area (Å²) in [4.78, 5) is 19.1. The molecule has 8 nitrogen and oxygen atoms in total. The van der Waals surface area contributed by atoms with Crippen molar-refractivity contribution in [2.24, 2.45) is 0 Å². The van der Waals surface area contributed by atoms with Crippen molar-refractivity contribution in [3.63, 3.8) is 0 Å². The Labute approximate surface area is 178 Å². The van der Waals surface area contributed by atoms with Crippen molar-refractivity contribution in [3.05, 3.63) is 53.6 Å². The molecule has 2 aromatic heterocycles. The maximum atomic E-state index is 11.6. The summed E-state index contributed by atoms with van der Waals surface area (Å²) in [6.07, 6.45) is 0. The molecule has 3 heterocycles. The number of carbonyl (C=O) groups is 1. The highest BCUT2D eigenvalue weighted by Gasteiger charge is 2.20. The molecule has 31 heavy (non-hydrogen) atoms. The summed E-state index contributed by atoms with van der Waals surface area (Å²) in [5.74, 6) is -0.198. The summed E-state index contributed by atoms with van der Waals surface area (Å²) in [6, 6.07) is 16.2. The van der Waals surface area contributed by atoms with Crippen LogP contribution in [-0.2, 0) is 11.3 Å². The molecule has 0 radical (unpaired) electrons. The molecular formula is C23H22N6O2. The van der Waals surface area contributed by atoms with E-state index in [4.69, 9.17) is 10.4 Å². The Hall–Kier alpha value is -3.67. The number of amides is 1. The van der Waals surface area contributed by atoms with Crippen molar-refractivity contribution in [1.29, 1.82) is 5.26 Å². The van der Waals surface area contributed by atoms with Gasteiger partial charge >= 0.3 is 0 Å². The first-order chi connectivity index (χ1) is 15.1. The number of piperazine rings is 1. The molecule has 1 fully saturated rings. The van der Waals surface area contributed by atoms with Crippen LogP contribution in [0.4, 0.5) is 0 Å². The molecule has 5 rings (SSSR count). The summed E-state index contributed by atoms with van der Waals surface area (Å²) in [6.45, 7) is 3.29. The van der Waals surface area contributed by atoms with E-state index in [0.29, 0.717) is 18.7 Å². The lowest BCUT2D eigenvalue weighted by Gasteiger charge is -2.34. The summed E-state index contributed by atoms with van der Waals surface area (Å²) in [5, 5.41) is 27.7. The number of rotatable bonds is 4. The van der Waals surface area contributed by atoms with Crippen molar-refractivity contribution in [2.45, 2.75) is 6.54 Å². The first kappa shape index (κ1) is 19.3. The fourth-order valence-corrected chi connectivity index (χ4v) is 4.22. The number of aliphatic hydroxyl groups is 1. The molecule has 0 bridgehead atoms. The zero-order valence-electron chi connectivity index (χ0n) is 16.9. The van der Waals surface area contributed by atoms with Gasteiger partial charge in [0.2, 0.25) is 5.91 Å². The summed E-state index contributed by atoms with van der Waals surface area (Å²) in [7, 11) is 0. The van der Waals surface area contributed by atoms with Crippen molar-refractivity contribution < 1.29 is 9.90 Å². The van der Waals surface area contributed by atoms with Gasteiger partial charge in [0, 0.05) is 49.0 Å². The fourth-order valence-electron chi connectivity index (χ4n) is 4.22. The number of carbonyl (C=O) groups excluding carboxylic acids is 1. The third kappa shape index (κ3) is 3.65. The Morgan fingerprint density at radius 2 is 1.94 bits per heavy atom. The van der Waals surface area contributed by atoms with Crippen LogP contribution in [0.3, 0.4) is 0 Å². The Morgan fingerprint density at radius 1 is 1.10 bits per heavy atom. The number of benzene rings is 2. The minimum Gasteiger partial charge on any atom is -0.387 e. The Kier molecular flexibility index (Phi) is 4.90. The number of hydrogen-bond donors (Lipinski definition) is 3. The van der Waals surface area contributed by atoms with E-state index in [0.717, 1.165) is 52.8 Å². The van der Waals surface area contributed by atoms with Crippen LogP contribution in [0.5, 0.6) is 0 Å². The van der Waals surface area contributed by atoms with Crippen LogP contribution in [-0.4, -0.2) is 68.8 Å². The lowest BCUT2D eigenvalue weighted by molar-refractivity contribution is -0.135. The van der Waals surface area contributed by atoms with Crippen molar-refractivity contribution in [3.8, 4) is 17.5 Å². The van der Waals surface area contributed by atoms with E-state index in [1.807, 2.05) is 6.07 Å². The number of fused-ring (bicyclic) bond motifs is 2. The predicted molar refractivity (Wildman–Crippen MR) is 117 cm³/mol. The first-order valence-corrected chi connectivity index (χ1v) is 10.3. The molecule has 1 amide bonds. The average molecular weight is 414 g/mol. The molecule has 0 atom stereocenters. The highest BCUT2D eigenvalue weighted by molar-refractivity contribution is 5.96. The summed E-state index contributed by atoms with van der Waals surface area (Å²) < 4.78 is 0. The predicted octanol–water partition coefficient (Wildman–Crippen LogP) is 2.22. The Morgan fingerprint density at radius 3 is 2.71 bits per heavy atom. The number of nitrogens with one attached hydrogen (secondary N) is 2. The number of aliphatic hydroxyl groups excluding tert-OH is 1. The van der Waals surface area contributed by atoms with Crippen LogP contribution in [0.25, 0.3) is 33.2 Å². The van der Waals surface area contributed by atoms with E-state index in [1.54, 1.807) is 17.0 Å². The van der Waals surface area contributed by atoms with Crippen LogP contribution < -0.4 is 0 Å². The van der Waals surface area contributed by atoms with E-state index in [-0.39, 0.29) is 5.91 Å². The number of aromatic amines is 2. The van der Waals surface area contributed by atoms with Gasteiger partial charge in [0.05, 0.1) is 22.8 Å². The molecule has 8 heteroatoms. The van der Waals surface area contributed by atoms with Crippen molar-refractivity contribution in [1.82, 2.24) is 25.0 Å². The minimum atomic E-state index is -0.419. The van der Waals surface area contributed by atoms with E-state index < -0.39 is 6.61 Å². The van der Waals surface area contributed by atoms with Crippen molar-refractivity contribution in [2.75, 3.05) is 32.8 Å². The SMILES string of the molecule is N#Cc1ccc2c(-c3cc4cc(CN5CCN(C(=O)CO)CC5)ccc4[nH]3)n[nH]c2c1. The van der Waals surface area contributed by atoms with Gasteiger partial charge in [-0.3, -0.25) is 14.8 Å². The zero-order chi connectivity index (χ0) is 21.4. The van der Waals surface area contributed by atoms with Crippen LogP contribution in [0, 0.1) is 11.3 Å². The Bertz CT molecular complexity index is 1310. The van der Waals surface area contributed by atoms with Gasteiger partial charge in [0.1, 0.15) is 12.3 Å². The van der Waals surface area contributed by atoms with Gasteiger partial charge in [0.25, 0.3) is 0 Å². The van der Waals surface area contributed by atoms with Crippen LogP contribution in [0.15, 0.2) is 42.5 Å². The summed E-state index contributed by atoms with van der Waals surface area (Å²) in [5.41, 5.74) is 5.46. The topological polar surface area (TPSA) is 112 Å². The standard InChI is InChI=1S/C23H22N6O2/c24-12-15-1-3-18-20(10-15)26-27-23(18)21-11-17-9-16(2-4-19(17)25-21)13-28-5-7-29(8-6-28)22(31)14-30/h1-4,9-11,25,30H,5-8,13-14H2,(H,26,27). The minimum absolute atomic E-state index is 0.198. The number of nitrogens with zero attached hydrogens (tertiary/aromatic N) is 4. The van der Waals surface area contributed by atoms with Gasteiger partial charge in [0.15, 0.2) is 0 Å². The number of aromatic nitrogens is 3. The zero-order valence-corrected chi connectivity index (χ0v) is 16.9. The quantitative estimate of drug-likeness (QED) is 0.474. The normalized spacial score (nSPS) is 14.9. The molecule has 1 saturated heterocycles. The van der Waals surface area contributed by atoms with Crippen LogP contribution in [0.2, 0.25) is 0 Å². The molecule has 0 unspecified atom stereocenters. The van der Waals surface area contributed by atoms with Gasteiger partial charge < -0.3 is 15.0 Å². The van der Waals surface area contributed by atoms with E-state index >= 15 is 0 Å². The molecule has 1 aliphatic rings. The smallest absolute Gasteiger partial charge is 0.248 e. The molecule has 1 aliphatic heterocycles. The average Bonchev–Trinajstić information content (AvgIpc) is 3.42. The van der Waals surface area contributed by atoms with Crippen molar-refractivity contribution >= 4 is 27.7 Å². The number of hydrogen-bond acceptors (Lipinski definition) is 5. The van der Waals surface area contributed by atoms with Crippen LogP contribution in [0.1, 0.15) is 11.1 Å². The molecule has 4 aromatic rings. The molecule has 0 aliphatic carbocycles. The second kappa shape index (κ2) is 7.87. The number of nitriles is 1. The molecule has 156 valence electrons. The maximum Gasteiger partial charge on any atom is 0.248 e. The largest absolute Gasteiger partial charge is 0.387 e. The van der Waals surface area contributed by atoms with Gasteiger partial charge in [-0.2, -0.15) is 10.4 Å². The third-order valence-corrected chi connectivity index (χ3v) is 5.90. The second-order valence-corrected chi connectivity index (χ2v) is 7.86. The van der Waals surface area contributed by atoms with E-state index in [2.05, 4.69) is 50.4 Å². The van der Waals surface area contributed by atoms with Gasteiger partial charge in [-0.1, -0.05) is 6.07 Å². The van der Waals surface area contributed by atoms with Gasteiger partial charge in [-0.25, -0.2) is 0 Å². The van der Waals surface area contributed by atoms with E-state index in [9.17, 15) is 4.79 Å². The second-order valence-electron chi connectivity index (χ2n) is 7.86. The summed E-state index contributed by atoms with van der Waals surface area (Å²) >= 11 is 0. The molecule has 2 aromatic carbocycles. The fraction of sp³-hybridized carbons (Fsp3) is 0.261. The lowest BCUT2D eigenvalue weighted by Crippen LogP contribution is -2.49. The molecule has 3 N–H and O–H groups in total. The molecular weight excluding hydrogens is 392 g/mol. The van der Waals surface area contributed by atoms with Gasteiger partial charge in [-0.05, 0) is 42.0 Å². The van der Waals surface area contributed by atoms with Crippen LogP contribution >= 0.6 is 0 Å². The third-order valence-electron chi connectivity index (χ3n) is 5.90. The highest BCUT2D eigenvalue weighted by atomic mass is 16.3. The molecule has 0 spiro atoms. The Balaban J connectivity index is 1.35. The lowest BCUT2D eigenvalue weighted by atomic mass is 10.1. The maximum absolute atomic E-state index is 11.6. The molecule has 0 saturated carbocycles. The highest BCUT2D eigenvalue weighted by Crippen LogP contribution is 2.29. The first-order valence-electron chi connectivity index (χ1n) is 10.3. The van der Waals surface area contributed by atoms with Gasteiger partial charge in [-0.15, -0.1) is 0 Å².